The van der Waals surface area contributed by atoms with Crippen molar-refractivity contribution in [3.8, 4) is 17.1 Å². The molecule has 2 N–H and O–H groups in total. The third kappa shape index (κ3) is 2.97. The van der Waals surface area contributed by atoms with Crippen LogP contribution in [0.5, 0.6) is 5.75 Å². The highest BCUT2D eigenvalue weighted by Gasteiger charge is 2.35. The van der Waals surface area contributed by atoms with Crippen molar-refractivity contribution in [3.05, 3.63) is 36.4 Å². The number of carbonyl (C=O) groups is 1. The van der Waals surface area contributed by atoms with Crippen LogP contribution < -0.4 is 10.1 Å². The Balaban J connectivity index is 1.51. The molecule has 29 heavy (non-hydrogen) atoms. The van der Waals surface area contributed by atoms with Crippen LogP contribution in [-0.2, 0) is 11.8 Å². The molecular weight excluding hydrogens is 379 g/mol. The number of aromatic nitrogens is 5. The lowest BCUT2D eigenvalue weighted by atomic mass is 10.0. The molecule has 4 heterocycles. The maximum Gasteiger partial charge on any atom is 0.413 e. The van der Waals surface area contributed by atoms with Gasteiger partial charge in [-0.25, -0.2) is 19.2 Å². The van der Waals surface area contributed by atoms with Crippen LogP contribution in [-0.4, -0.2) is 49.6 Å². The van der Waals surface area contributed by atoms with Gasteiger partial charge in [0.05, 0.1) is 30.5 Å². The molecular formula is C19H17FN6O3. The number of ether oxygens (including phenoxy) is 2. The minimum absolute atomic E-state index is 0.252. The van der Waals surface area contributed by atoms with Gasteiger partial charge in [0.15, 0.2) is 16.9 Å². The third-order valence-electron chi connectivity index (χ3n) is 4.85. The van der Waals surface area contributed by atoms with Gasteiger partial charge in [0.1, 0.15) is 17.2 Å². The van der Waals surface area contributed by atoms with Crippen LogP contribution in [0.2, 0.25) is 0 Å². The summed E-state index contributed by atoms with van der Waals surface area (Å²) in [6.45, 7) is 2.75. The lowest BCUT2D eigenvalue weighted by Crippen LogP contribution is -2.60. The van der Waals surface area contributed by atoms with Crippen LogP contribution in [0.1, 0.15) is 6.92 Å². The number of fused-ring (bicyclic) bond motifs is 2. The number of hydrogen-bond acceptors (Lipinski definition) is 6. The molecule has 9 nitrogen and oxygen atoms in total. The van der Waals surface area contributed by atoms with E-state index in [-0.39, 0.29) is 11.6 Å². The second kappa shape index (κ2) is 6.24. The van der Waals surface area contributed by atoms with Gasteiger partial charge in [-0.2, -0.15) is 5.10 Å². The third-order valence-corrected chi connectivity index (χ3v) is 4.85. The molecule has 1 aliphatic rings. The maximum absolute atomic E-state index is 13.6. The zero-order valence-corrected chi connectivity index (χ0v) is 15.7. The number of aromatic amines is 1. The van der Waals surface area contributed by atoms with Gasteiger partial charge in [0, 0.05) is 18.6 Å². The summed E-state index contributed by atoms with van der Waals surface area (Å²) in [6.07, 6.45) is 2.50. The zero-order chi connectivity index (χ0) is 20.2. The standard InChI is InChI=1S/C19H17FN6O3/c1-19(8-28-9-19)24-18(27)29-14-7-22-17-16(14)23-12(6-21-17)15-11-4-3-10(20)5-13(11)26(2)25-15/h3-7H,8-9H2,1-2H3,(H,21,22)(H,24,27). The maximum atomic E-state index is 13.6. The van der Waals surface area contributed by atoms with E-state index in [0.29, 0.717) is 41.3 Å². The van der Waals surface area contributed by atoms with Crippen molar-refractivity contribution in [3.63, 3.8) is 0 Å². The van der Waals surface area contributed by atoms with Crippen molar-refractivity contribution in [2.45, 2.75) is 12.5 Å². The fourth-order valence-corrected chi connectivity index (χ4v) is 3.33. The summed E-state index contributed by atoms with van der Waals surface area (Å²) < 4.78 is 25.7. The number of nitrogens with one attached hydrogen (secondary N) is 2. The molecule has 1 aromatic carbocycles. The van der Waals surface area contributed by atoms with Gasteiger partial charge in [-0.3, -0.25) is 4.68 Å². The Kier molecular flexibility index (Phi) is 3.78. The van der Waals surface area contributed by atoms with Crippen LogP contribution in [0.25, 0.3) is 33.5 Å². The van der Waals surface area contributed by atoms with Crippen molar-refractivity contribution >= 4 is 28.2 Å². The number of carbonyl (C=O) groups excluding carboxylic acids is 1. The molecule has 1 amide bonds. The normalized spacial score (nSPS) is 15.4. The van der Waals surface area contributed by atoms with E-state index in [2.05, 4.69) is 25.4 Å². The average molecular weight is 396 g/mol. The molecule has 148 valence electrons. The van der Waals surface area contributed by atoms with E-state index in [4.69, 9.17) is 9.47 Å². The Morgan fingerprint density at radius 2 is 2.24 bits per heavy atom. The first kappa shape index (κ1) is 17.6. The molecule has 0 atom stereocenters. The van der Waals surface area contributed by atoms with Crippen molar-refractivity contribution in [2.75, 3.05) is 13.2 Å². The fraction of sp³-hybridized carbons (Fsp3) is 0.263. The summed E-state index contributed by atoms with van der Waals surface area (Å²) >= 11 is 0. The largest absolute Gasteiger partial charge is 0.413 e. The van der Waals surface area contributed by atoms with E-state index in [1.807, 2.05) is 6.92 Å². The molecule has 10 heteroatoms. The monoisotopic (exact) mass is 396 g/mol. The smallest absolute Gasteiger partial charge is 0.406 e. The van der Waals surface area contributed by atoms with Gasteiger partial charge in [-0.05, 0) is 25.1 Å². The number of aryl methyl sites for hydroxylation is 1. The Morgan fingerprint density at radius 3 is 3.00 bits per heavy atom. The summed E-state index contributed by atoms with van der Waals surface area (Å²) in [5.41, 5.74) is 2.13. The van der Waals surface area contributed by atoms with E-state index < -0.39 is 11.6 Å². The SMILES string of the molecule is Cn1nc(-c2cnc3[nH]cc(OC(=O)NC4(C)COC4)c3n2)c2ccc(F)cc21. The minimum Gasteiger partial charge on any atom is -0.406 e. The van der Waals surface area contributed by atoms with Crippen LogP contribution in [0.3, 0.4) is 0 Å². The minimum atomic E-state index is -0.595. The van der Waals surface area contributed by atoms with E-state index in [9.17, 15) is 9.18 Å². The van der Waals surface area contributed by atoms with Gasteiger partial charge < -0.3 is 19.8 Å². The Bertz CT molecular complexity index is 1260. The van der Waals surface area contributed by atoms with Crippen molar-refractivity contribution in [1.29, 1.82) is 0 Å². The number of hydrogen-bond donors (Lipinski definition) is 2. The lowest BCUT2D eigenvalue weighted by Gasteiger charge is -2.37. The average Bonchev–Trinajstić information content (AvgIpc) is 3.21. The molecule has 0 aliphatic carbocycles. The van der Waals surface area contributed by atoms with Gasteiger partial charge in [0.2, 0.25) is 0 Å². The highest BCUT2D eigenvalue weighted by molar-refractivity contribution is 5.93. The van der Waals surface area contributed by atoms with Crippen molar-refractivity contribution in [2.24, 2.45) is 7.05 Å². The molecule has 4 aromatic rings. The molecule has 0 radical (unpaired) electrons. The van der Waals surface area contributed by atoms with Gasteiger partial charge in [-0.15, -0.1) is 0 Å². The van der Waals surface area contributed by atoms with Crippen LogP contribution in [0.4, 0.5) is 9.18 Å². The molecule has 1 aliphatic heterocycles. The van der Waals surface area contributed by atoms with Crippen LogP contribution in [0.15, 0.2) is 30.6 Å². The quantitative estimate of drug-likeness (QED) is 0.551. The first-order valence-corrected chi connectivity index (χ1v) is 8.96. The van der Waals surface area contributed by atoms with Gasteiger partial charge in [0.25, 0.3) is 0 Å². The Hall–Kier alpha value is -3.53. The number of amides is 1. The Labute approximate surface area is 163 Å². The summed E-state index contributed by atoms with van der Waals surface area (Å²) in [5, 5.41) is 7.98. The van der Waals surface area contributed by atoms with Gasteiger partial charge >= 0.3 is 6.09 Å². The summed E-state index contributed by atoms with van der Waals surface area (Å²) in [4.78, 5) is 24.1. The first-order valence-electron chi connectivity index (χ1n) is 8.96. The summed E-state index contributed by atoms with van der Waals surface area (Å²) in [7, 11) is 1.73. The second-order valence-corrected chi connectivity index (χ2v) is 7.31. The van der Waals surface area contributed by atoms with Gasteiger partial charge in [-0.1, -0.05) is 0 Å². The van der Waals surface area contributed by atoms with Crippen molar-refractivity contribution < 1.29 is 18.7 Å². The fourth-order valence-electron chi connectivity index (χ4n) is 3.33. The predicted molar refractivity (Wildman–Crippen MR) is 102 cm³/mol. The predicted octanol–water partition coefficient (Wildman–Crippen LogP) is 2.53. The van der Waals surface area contributed by atoms with E-state index in [1.165, 1.54) is 18.3 Å². The molecule has 0 bridgehead atoms. The second-order valence-electron chi connectivity index (χ2n) is 7.31. The number of benzene rings is 1. The van der Waals surface area contributed by atoms with E-state index in [0.717, 1.165) is 5.39 Å². The van der Waals surface area contributed by atoms with Crippen molar-refractivity contribution in [1.82, 2.24) is 30.0 Å². The first-order chi connectivity index (χ1) is 13.9. The molecule has 0 spiro atoms. The van der Waals surface area contributed by atoms with Crippen LogP contribution in [0, 0.1) is 5.82 Å². The molecule has 1 fully saturated rings. The number of H-pyrrole nitrogens is 1. The lowest BCUT2D eigenvalue weighted by molar-refractivity contribution is -0.0596. The highest BCUT2D eigenvalue weighted by atomic mass is 19.1. The number of nitrogens with zero attached hydrogens (tertiary/aromatic N) is 4. The summed E-state index contributed by atoms with van der Waals surface area (Å²) in [5.74, 6) is -0.0894. The van der Waals surface area contributed by atoms with E-state index >= 15 is 0 Å². The van der Waals surface area contributed by atoms with E-state index in [1.54, 1.807) is 24.0 Å². The topological polar surface area (TPSA) is 107 Å². The molecule has 3 aromatic heterocycles. The summed E-state index contributed by atoms with van der Waals surface area (Å²) in [6, 6.07) is 4.44. The zero-order valence-electron chi connectivity index (χ0n) is 15.7. The Morgan fingerprint density at radius 1 is 1.41 bits per heavy atom. The molecule has 0 unspecified atom stereocenters. The molecule has 1 saturated heterocycles. The number of rotatable bonds is 3. The highest BCUT2D eigenvalue weighted by Crippen LogP contribution is 2.30. The van der Waals surface area contributed by atoms with Crippen LogP contribution >= 0.6 is 0 Å². The molecule has 5 rings (SSSR count). The number of halogens is 1. The molecule has 0 saturated carbocycles.